The van der Waals surface area contributed by atoms with Gasteiger partial charge in [0.25, 0.3) is 0 Å². The predicted octanol–water partition coefficient (Wildman–Crippen LogP) is 3.73. The van der Waals surface area contributed by atoms with Gasteiger partial charge in [-0.15, -0.1) is 0 Å². The first-order chi connectivity index (χ1) is 8.84. The molecule has 0 amide bonds. The molecule has 2 nitrogen and oxygen atoms in total. The molecule has 4 atom stereocenters. The fraction of sp³-hybridized carbons (Fsp3) is 1.00. The van der Waals surface area contributed by atoms with Crippen molar-refractivity contribution in [3.8, 4) is 0 Å². The number of nitrogens with one attached hydrogen (secondary N) is 1. The van der Waals surface area contributed by atoms with Crippen LogP contribution in [0.2, 0.25) is 0 Å². The average molecular weight is 288 g/mol. The molecule has 0 aliphatic heterocycles. The second kappa shape index (κ2) is 7.78. The number of hydrogen-bond donors (Lipinski definition) is 1. The Morgan fingerprint density at radius 2 is 2.00 bits per heavy atom. The highest BCUT2D eigenvalue weighted by molar-refractivity contribution is 7.85. The first-order valence-corrected chi connectivity index (χ1v) is 9.33. The molecule has 0 radical (unpaired) electrons. The molecule has 3 heteroatoms. The van der Waals surface area contributed by atoms with Crippen molar-refractivity contribution in [2.24, 2.45) is 11.3 Å². The van der Waals surface area contributed by atoms with Crippen molar-refractivity contribution >= 4 is 10.8 Å². The summed E-state index contributed by atoms with van der Waals surface area (Å²) in [5.74, 6) is 1.58. The van der Waals surface area contributed by atoms with Gasteiger partial charge in [0.15, 0.2) is 0 Å². The molecule has 1 aliphatic rings. The van der Waals surface area contributed by atoms with Crippen LogP contribution in [0.25, 0.3) is 0 Å². The van der Waals surface area contributed by atoms with Crippen LogP contribution in [0.5, 0.6) is 0 Å². The summed E-state index contributed by atoms with van der Waals surface area (Å²) in [7, 11) is -0.670. The molecule has 0 spiro atoms. The third-order valence-electron chi connectivity index (χ3n) is 4.28. The lowest BCUT2D eigenvalue weighted by molar-refractivity contribution is 0.289. The van der Waals surface area contributed by atoms with Crippen LogP contribution in [0.3, 0.4) is 0 Å². The molecule has 1 rings (SSSR count). The normalized spacial score (nSPS) is 28.1. The number of rotatable bonds is 6. The van der Waals surface area contributed by atoms with Gasteiger partial charge in [0.05, 0.1) is 0 Å². The molecule has 0 aromatic carbocycles. The van der Waals surface area contributed by atoms with Crippen LogP contribution >= 0.6 is 0 Å². The van der Waals surface area contributed by atoms with E-state index >= 15 is 0 Å². The van der Waals surface area contributed by atoms with Gasteiger partial charge in [-0.05, 0) is 37.1 Å². The topological polar surface area (TPSA) is 29.1 Å². The zero-order chi connectivity index (χ0) is 14.5. The predicted molar refractivity (Wildman–Crippen MR) is 86.0 cm³/mol. The van der Waals surface area contributed by atoms with E-state index in [1.165, 1.54) is 19.3 Å². The van der Waals surface area contributed by atoms with E-state index in [4.69, 9.17) is 0 Å². The quantitative estimate of drug-likeness (QED) is 0.806. The monoisotopic (exact) mass is 287 g/mol. The smallest absolute Gasteiger partial charge is 0.0396 e. The zero-order valence-electron chi connectivity index (χ0n) is 13.5. The summed E-state index contributed by atoms with van der Waals surface area (Å²) in [4.78, 5) is 0. The summed E-state index contributed by atoms with van der Waals surface area (Å²) < 4.78 is 12.6. The van der Waals surface area contributed by atoms with E-state index in [2.05, 4.69) is 39.9 Å². The van der Waals surface area contributed by atoms with Crippen LogP contribution < -0.4 is 5.32 Å². The second-order valence-corrected chi connectivity index (χ2v) is 9.08. The van der Waals surface area contributed by atoms with E-state index in [-0.39, 0.29) is 5.41 Å². The highest BCUT2D eigenvalue weighted by Gasteiger charge is 2.30. The van der Waals surface area contributed by atoms with Crippen molar-refractivity contribution in [2.45, 2.75) is 78.0 Å². The third kappa shape index (κ3) is 5.95. The summed E-state index contributed by atoms with van der Waals surface area (Å²) >= 11 is 0. The maximum atomic E-state index is 12.6. The molecule has 0 heterocycles. The Bertz CT molecular complexity index is 285. The fourth-order valence-corrected chi connectivity index (χ4v) is 5.04. The Hall–Kier alpha value is 0.110. The summed E-state index contributed by atoms with van der Waals surface area (Å²) in [6.07, 6.45) is 6.06. The standard InChI is InChI=1S/C16H33NOS/c1-6-10-17-15(16(3,4)5)12-19(18)14-9-7-8-13(2)11-14/h13-15,17H,6-12H2,1-5H3. The average Bonchev–Trinajstić information content (AvgIpc) is 2.32. The van der Waals surface area contributed by atoms with Crippen LogP contribution in [-0.2, 0) is 10.8 Å². The Balaban J connectivity index is 2.55. The molecule has 19 heavy (non-hydrogen) atoms. The van der Waals surface area contributed by atoms with Gasteiger partial charge >= 0.3 is 0 Å². The Morgan fingerprint density at radius 3 is 2.53 bits per heavy atom. The molecule has 4 unspecified atom stereocenters. The largest absolute Gasteiger partial charge is 0.313 e. The second-order valence-electron chi connectivity index (χ2n) is 7.31. The highest BCUT2D eigenvalue weighted by Crippen LogP contribution is 2.29. The lowest BCUT2D eigenvalue weighted by atomic mass is 9.88. The van der Waals surface area contributed by atoms with Crippen molar-refractivity contribution in [3.63, 3.8) is 0 Å². The minimum Gasteiger partial charge on any atom is -0.313 e. The van der Waals surface area contributed by atoms with E-state index in [0.29, 0.717) is 11.3 Å². The van der Waals surface area contributed by atoms with Gasteiger partial charge in [-0.1, -0.05) is 47.5 Å². The Morgan fingerprint density at radius 1 is 1.32 bits per heavy atom. The molecular formula is C16H33NOS. The first kappa shape index (κ1) is 17.2. The molecule has 0 aromatic rings. The molecule has 0 saturated heterocycles. The maximum Gasteiger partial charge on any atom is 0.0396 e. The Labute approximate surface area is 122 Å². The summed E-state index contributed by atoms with van der Waals surface area (Å²) in [5.41, 5.74) is 0.186. The summed E-state index contributed by atoms with van der Waals surface area (Å²) in [5, 5.41) is 4.04. The van der Waals surface area contributed by atoms with Gasteiger partial charge in [0, 0.05) is 27.8 Å². The van der Waals surface area contributed by atoms with Gasteiger partial charge in [0.2, 0.25) is 0 Å². The molecule has 0 bridgehead atoms. The lowest BCUT2D eigenvalue weighted by Crippen LogP contribution is -2.46. The van der Waals surface area contributed by atoms with E-state index in [1.807, 2.05) is 0 Å². The third-order valence-corrected chi connectivity index (χ3v) is 6.11. The van der Waals surface area contributed by atoms with E-state index in [1.54, 1.807) is 0 Å². The molecule has 1 saturated carbocycles. The van der Waals surface area contributed by atoms with Crippen LogP contribution in [0.4, 0.5) is 0 Å². The molecule has 114 valence electrons. The van der Waals surface area contributed by atoms with Gasteiger partial charge < -0.3 is 5.32 Å². The fourth-order valence-electron chi connectivity index (χ4n) is 2.85. The minimum absolute atomic E-state index is 0.186. The Kier molecular flexibility index (Phi) is 7.02. The van der Waals surface area contributed by atoms with Crippen LogP contribution in [-0.4, -0.2) is 27.8 Å². The van der Waals surface area contributed by atoms with E-state index < -0.39 is 10.8 Å². The molecular weight excluding hydrogens is 254 g/mol. The lowest BCUT2D eigenvalue weighted by Gasteiger charge is -2.34. The van der Waals surface area contributed by atoms with Gasteiger partial charge in [-0.25, -0.2) is 0 Å². The van der Waals surface area contributed by atoms with Crippen molar-refractivity contribution < 1.29 is 4.21 Å². The van der Waals surface area contributed by atoms with Crippen LogP contribution in [0.15, 0.2) is 0 Å². The van der Waals surface area contributed by atoms with Crippen molar-refractivity contribution in [1.29, 1.82) is 0 Å². The van der Waals surface area contributed by atoms with Crippen molar-refractivity contribution in [2.75, 3.05) is 12.3 Å². The van der Waals surface area contributed by atoms with Crippen molar-refractivity contribution in [1.82, 2.24) is 5.32 Å². The summed E-state index contributed by atoms with van der Waals surface area (Å²) in [6.45, 7) is 12.3. The SMILES string of the molecule is CCCNC(CS(=O)C1CCCC(C)C1)C(C)(C)C. The van der Waals surface area contributed by atoms with Gasteiger partial charge in [0.1, 0.15) is 0 Å². The first-order valence-electron chi connectivity index (χ1n) is 7.95. The highest BCUT2D eigenvalue weighted by atomic mass is 32.2. The maximum absolute atomic E-state index is 12.6. The van der Waals surface area contributed by atoms with Crippen LogP contribution in [0.1, 0.15) is 66.7 Å². The molecule has 0 aromatic heterocycles. The van der Waals surface area contributed by atoms with Crippen molar-refractivity contribution in [3.05, 3.63) is 0 Å². The molecule has 1 aliphatic carbocycles. The zero-order valence-corrected chi connectivity index (χ0v) is 14.3. The minimum atomic E-state index is -0.670. The van der Waals surface area contributed by atoms with E-state index in [9.17, 15) is 4.21 Å². The van der Waals surface area contributed by atoms with Gasteiger partial charge in [-0.3, -0.25) is 4.21 Å². The number of hydrogen-bond acceptors (Lipinski definition) is 2. The van der Waals surface area contributed by atoms with E-state index in [0.717, 1.165) is 31.1 Å². The molecule has 1 N–H and O–H groups in total. The van der Waals surface area contributed by atoms with Crippen LogP contribution in [0, 0.1) is 11.3 Å². The van der Waals surface area contributed by atoms with Gasteiger partial charge in [-0.2, -0.15) is 0 Å². The summed E-state index contributed by atoms with van der Waals surface area (Å²) in [6, 6.07) is 0.366. The molecule has 1 fully saturated rings.